The molecule has 3 aromatic rings. The van der Waals surface area contributed by atoms with Crippen LogP contribution in [0.4, 0.5) is 0 Å². The topological polar surface area (TPSA) is 34.6 Å². The van der Waals surface area contributed by atoms with Crippen LogP contribution in [-0.4, -0.2) is 29.6 Å². The van der Waals surface area contributed by atoms with E-state index in [1.165, 1.54) is 28.1 Å². The Labute approximate surface area is 151 Å². The number of aromatic nitrogens is 1. The Balaban J connectivity index is 1.40. The maximum absolute atomic E-state index is 5.76. The Morgan fingerprint density at radius 3 is 2.88 bits per heavy atom. The number of fused-ring (bicyclic) bond motifs is 2. The second kappa shape index (κ2) is 6.32. The molecule has 2 aliphatic heterocycles. The van der Waals surface area contributed by atoms with Crippen molar-refractivity contribution >= 4 is 21.6 Å². The highest BCUT2D eigenvalue weighted by molar-refractivity contribution is 7.18. The molecule has 128 valence electrons. The van der Waals surface area contributed by atoms with Gasteiger partial charge in [0, 0.05) is 6.04 Å². The average Bonchev–Trinajstić information content (AvgIpc) is 3.27. The van der Waals surface area contributed by atoms with Crippen molar-refractivity contribution in [3.05, 3.63) is 53.0 Å². The van der Waals surface area contributed by atoms with E-state index >= 15 is 0 Å². The van der Waals surface area contributed by atoms with E-state index in [-0.39, 0.29) is 0 Å². The molecule has 1 aromatic heterocycles. The van der Waals surface area contributed by atoms with Crippen LogP contribution < -0.4 is 9.47 Å². The molecule has 2 aromatic carbocycles. The maximum atomic E-state index is 5.76. The first-order valence-electron chi connectivity index (χ1n) is 8.85. The van der Waals surface area contributed by atoms with Crippen LogP contribution in [0.1, 0.15) is 29.5 Å². The van der Waals surface area contributed by atoms with Crippen molar-refractivity contribution in [1.82, 2.24) is 9.88 Å². The van der Waals surface area contributed by atoms with Crippen LogP contribution in [0, 0.1) is 0 Å². The highest BCUT2D eigenvalue weighted by Gasteiger charge is 2.28. The first kappa shape index (κ1) is 15.2. The maximum Gasteiger partial charge on any atom is 0.161 e. The Bertz CT molecular complexity index is 875. The lowest BCUT2D eigenvalue weighted by molar-refractivity contribution is 0.170. The van der Waals surface area contributed by atoms with Crippen LogP contribution >= 0.6 is 11.3 Å². The molecule has 0 aliphatic carbocycles. The number of hydrogen-bond acceptors (Lipinski definition) is 5. The molecule has 1 unspecified atom stereocenters. The number of nitrogens with zero attached hydrogens (tertiary/aromatic N) is 2. The fourth-order valence-corrected chi connectivity index (χ4v) is 4.81. The van der Waals surface area contributed by atoms with Crippen LogP contribution in [0.3, 0.4) is 0 Å². The lowest BCUT2D eigenvalue weighted by atomic mass is 10.0. The van der Waals surface area contributed by atoms with E-state index in [9.17, 15) is 0 Å². The van der Waals surface area contributed by atoms with Gasteiger partial charge in [-0.25, -0.2) is 4.98 Å². The number of likely N-dealkylation sites (tertiary alicyclic amines) is 1. The zero-order chi connectivity index (χ0) is 16.6. The minimum absolute atomic E-state index is 0.433. The standard InChI is InChI=1S/C20H20N2O2S/c1-2-6-19-15(4-1)21-20(25-19)13-22-9-3-5-16(22)14-7-8-17-18(12-14)24-11-10-23-17/h1-2,4,6-8,12,16H,3,5,9-11,13H2. The average molecular weight is 352 g/mol. The molecule has 4 nitrogen and oxygen atoms in total. The first-order valence-corrected chi connectivity index (χ1v) is 9.66. The monoisotopic (exact) mass is 352 g/mol. The third-order valence-corrected chi connectivity index (χ3v) is 6.01. The highest BCUT2D eigenvalue weighted by atomic mass is 32.1. The van der Waals surface area contributed by atoms with Crippen molar-refractivity contribution in [3.63, 3.8) is 0 Å². The van der Waals surface area contributed by atoms with Gasteiger partial charge in [0.15, 0.2) is 11.5 Å². The quantitative estimate of drug-likeness (QED) is 0.699. The molecule has 5 heteroatoms. The van der Waals surface area contributed by atoms with Crippen LogP contribution in [0.2, 0.25) is 0 Å². The van der Waals surface area contributed by atoms with E-state index < -0.39 is 0 Å². The molecule has 0 amide bonds. The molecule has 1 fully saturated rings. The van der Waals surface area contributed by atoms with Crippen LogP contribution in [0.5, 0.6) is 11.5 Å². The van der Waals surface area contributed by atoms with Crippen molar-refractivity contribution < 1.29 is 9.47 Å². The SMILES string of the molecule is c1ccc2sc(CN3CCCC3c3ccc4c(c3)OCCO4)nc2c1. The lowest BCUT2D eigenvalue weighted by Crippen LogP contribution is -2.23. The summed E-state index contributed by atoms with van der Waals surface area (Å²) in [4.78, 5) is 7.35. The minimum atomic E-state index is 0.433. The van der Waals surface area contributed by atoms with E-state index in [0.717, 1.165) is 30.1 Å². The van der Waals surface area contributed by atoms with Gasteiger partial charge in [-0.2, -0.15) is 0 Å². The molecule has 2 aliphatic rings. The molecule has 5 rings (SSSR count). The number of benzene rings is 2. The summed E-state index contributed by atoms with van der Waals surface area (Å²) in [7, 11) is 0. The van der Waals surface area contributed by atoms with Crippen molar-refractivity contribution in [3.8, 4) is 11.5 Å². The summed E-state index contributed by atoms with van der Waals surface area (Å²) in [5.41, 5.74) is 2.43. The number of para-hydroxylation sites is 1. The Morgan fingerprint density at radius 1 is 1.08 bits per heavy atom. The van der Waals surface area contributed by atoms with Gasteiger partial charge in [-0.05, 0) is 49.2 Å². The van der Waals surface area contributed by atoms with Gasteiger partial charge in [-0.1, -0.05) is 18.2 Å². The van der Waals surface area contributed by atoms with Gasteiger partial charge in [0.05, 0.1) is 16.8 Å². The fourth-order valence-electron chi connectivity index (χ4n) is 3.82. The summed E-state index contributed by atoms with van der Waals surface area (Å²) >= 11 is 1.81. The summed E-state index contributed by atoms with van der Waals surface area (Å²) in [6.07, 6.45) is 2.41. The van der Waals surface area contributed by atoms with E-state index in [1.807, 2.05) is 0 Å². The van der Waals surface area contributed by atoms with E-state index in [1.54, 1.807) is 11.3 Å². The molecule has 1 atom stereocenters. The van der Waals surface area contributed by atoms with Crippen LogP contribution in [0.15, 0.2) is 42.5 Å². The van der Waals surface area contributed by atoms with Crippen molar-refractivity contribution in [2.75, 3.05) is 19.8 Å². The van der Waals surface area contributed by atoms with Gasteiger partial charge in [0.1, 0.15) is 18.2 Å². The van der Waals surface area contributed by atoms with Crippen molar-refractivity contribution in [2.45, 2.75) is 25.4 Å². The third kappa shape index (κ3) is 2.87. The van der Waals surface area contributed by atoms with E-state index in [2.05, 4.69) is 47.4 Å². The summed E-state index contributed by atoms with van der Waals surface area (Å²) in [5, 5.41) is 1.20. The predicted octanol–water partition coefficient (Wildman–Crippen LogP) is 4.40. The Hall–Kier alpha value is -2.11. The third-order valence-electron chi connectivity index (χ3n) is 4.99. The fraction of sp³-hybridized carbons (Fsp3) is 0.350. The number of thiazole rings is 1. The number of ether oxygens (including phenoxy) is 2. The van der Waals surface area contributed by atoms with Crippen LogP contribution in [0.25, 0.3) is 10.2 Å². The zero-order valence-corrected chi connectivity index (χ0v) is 14.8. The van der Waals surface area contributed by atoms with Gasteiger partial charge < -0.3 is 9.47 Å². The summed E-state index contributed by atoms with van der Waals surface area (Å²) in [6, 6.07) is 15.2. The Kier molecular flexibility index (Phi) is 3.83. The normalized spacial score (nSPS) is 20.2. The van der Waals surface area contributed by atoms with Crippen molar-refractivity contribution in [1.29, 1.82) is 0 Å². The molecule has 0 saturated carbocycles. The molecular weight excluding hydrogens is 332 g/mol. The largest absolute Gasteiger partial charge is 0.486 e. The van der Waals surface area contributed by atoms with Crippen LogP contribution in [-0.2, 0) is 6.54 Å². The summed E-state index contributed by atoms with van der Waals surface area (Å²) in [5.74, 6) is 1.75. The molecular formula is C20H20N2O2S. The first-order chi connectivity index (χ1) is 12.4. The zero-order valence-electron chi connectivity index (χ0n) is 14.0. The number of hydrogen-bond donors (Lipinski definition) is 0. The molecule has 0 spiro atoms. The predicted molar refractivity (Wildman–Crippen MR) is 99.4 cm³/mol. The van der Waals surface area contributed by atoms with Crippen molar-refractivity contribution in [2.24, 2.45) is 0 Å². The second-order valence-electron chi connectivity index (χ2n) is 6.61. The lowest BCUT2D eigenvalue weighted by Gasteiger charge is -2.25. The molecule has 3 heterocycles. The Morgan fingerprint density at radius 2 is 1.96 bits per heavy atom. The molecule has 1 saturated heterocycles. The van der Waals surface area contributed by atoms with Gasteiger partial charge in [-0.3, -0.25) is 4.90 Å². The molecule has 0 radical (unpaired) electrons. The van der Waals surface area contributed by atoms with E-state index in [4.69, 9.17) is 14.5 Å². The minimum Gasteiger partial charge on any atom is -0.486 e. The molecule has 0 bridgehead atoms. The summed E-state index contributed by atoms with van der Waals surface area (Å²) in [6.45, 7) is 3.31. The van der Waals surface area contributed by atoms with Gasteiger partial charge in [-0.15, -0.1) is 11.3 Å². The van der Waals surface area contributed by atoms with Gasteiger partial charge in [0.25, 0.3) is 0 Å². The van der Waals surface area contributed by atoms with Gasteiger partial charge >= 0.3 is 0 Å². The van der Waals surface area contributed by atoms with Gasteiger partial charge in [0.2, 0.25) is 0 Å². The molecule has 25 heavy (non-hydrogen) atoms. The molecule has 0 N–H and O–H groups in total. The smallest absolute Gasteiger partial charge is 0.161 e. The summed E-state index contributed by atoms with van der Waals surface area (Å²) < 4.78 is 12.7. The highest BCUT2D eigenvalue weighted by Crippen LogP contribution is 2.39. The van der Waals surface area contributed by atoms with E-state index in [0.29, 0.717) is 19.3 Å². The second-order valence-corrected chi connectivity index (χ2v) is 7.72. The number of rotatable bonds is 3.